The molecule has 0 bridgehead atoms. The third-order valence-corrected chi connectivity index (χ3v) is 6.35. The van der Waals surface area contributed by atoms with Crippen LogP contribution in [0.4, 0.5) is 0 Å². The Morgan fingerprint density at radius 2 is 1.31 bits per heavy atom. The van der Waals surface area contributed by atoms with Gasteiger partial charge in [-0.25, -0.2) is 0 Å². The third-order valence-electron chi connectivity index (χ3n) is 5.16. The van der Waals surface area contributed by atoms with Gasteiger partial charge in [0, 0.05) is 21.2 Å². The van der Waals surface area contributed by atoms with E-state index in [4.69, 9.17) is 0 Å². The van der Waals surface area contributed by atoms with E-state index in [1.807, 2.05) is 11.3 Å². The Balaban J connectivity index is 1.91. The second-order valence-corrected chi connectivity index (χ2v) is 7.72. The molecule has 2 heteroatoms. The zero-order valence-corrected chi connectivity index (χ0v) is 14.8. The summed E-state index contributed by atoms with van der Waals surface area (Å²) in [5.74, 6) is 0. The molecule has 1 nitrogen and oxygen atoms in total. The van der Waals surface area contributed by atoms with E-state index in [0.29, 0.717) is 0 Å². The van der Waals surface area contributed by atoms with Crippen molar-refractivity contribution in [2.75, 3.05) is 0 Å². The summed E-state index contributed by atoms with van der Waals surface area (Å²) < 4.78 is 5.14. The van der Waals surface area contributed by atoms with Crippen LogP contribution in [-0.4, -0.2) is 4.57 Å². The zero-order chi connectivity index (χ0) is 17.1. The van der Waals surface area contributed by atoms with Crippen molar-refractivity contribution in [2.45, 2.75) is 0 Å². The average Bonchev–Trinajstić information content (AvgIpc) is 3.21. The summed E-state index contributed by atoms with van der Waals surface area (Å²) in [6.07, 6.45) is 0. The van der Waals surface area contributed by atoms with Crippen LogP contribution in [0, 0.1) is 0 Å². The van der Waals surface area contributed by atoms with Crippen LogP contribution in [0.2, 0.25) is 0 Å². The summed E-state index contributed by atoms with van der Waals surface area (Å²) in [6.45, 7) is 0. The Bertz CT molecular complexity index is 1410. The highest BCUT2D eigenvalue weighted by Gasteiger charge is 2.17. The van der Waals surface area contributed by atoms with Gasteiger partial charge in [0.25, 0.3) is 0 Å². The van der Waals surface area contributed by atoms with Crippen molar-refractivity contribution < 1.29 is 0 Å². The van der Waals surface area contributed by atoms with Crippen molar-refractivity contribution in [2.24, 2.45) is 0 Å². The van der Waals surface area contributed by atoms with Crippen LogP contribution in [0.5, 0.6) is 0 Å². The molecule has 4 aromatic carbocycles. The summed E-state index contributed by atoms with van der Waals surface area (Å²) in [5.41, 5.74) is 3.82. The first-order chi connectivity index (χ1) is 12.9. The van der Waals surface area contributed by atoms with E-state index < -0.39 is 0 Å². The van der Waals surface area contributed by atoms with E-state index in [-0.39, 0.29) is 0 Å². The van der Waals surface area contributed by atoms with Crippen LogP contribution in [0.3, 0.4) is 0 Å². The molecule has 0 radical (unpaired) electrons. The van der Waals surface area contributed by atoms with Gasteiger partial charge in [-0.3, -0.25) is 0 Å². The van der Waals surface area contributed by atoms with E-state index in [9.17, 15) is 0 Å². The van der Waals surface area contributed by atoms with Crippen LogP contribution in [0.1, 0.15) is 0 Å². The number of hydrogen-bond acceptors (Lipinski definition) is 1. The number of para-hydroxylation sites is 1. The number of rotatable bonds is 1. The van der Waals surface area contributed by atoms with Crippen LogP contribution in [-0.2, 0) is 0 Å². The molecule has 0 saturated carbocycles. The smallest absolute Gasteiger partial charge is 0.0727 e. The minimum Gasteiger partial charge on any atom is -0.308 e. The van der Waals surface area contributed by atoms with Gasteiger partial charge >= 0.3 is 0 Å². The van der Waals surface area contributed by atoms with E-state index in [1.165, 1.54) is 47.7 Å². The van der Waals surface area contributed by atoms with Crippen LogP contribution < -0.4 is 0 Å². The molecule has 0 aliphatic rings. The molecule has 2 aromatic heterocycles. The maximum Gasteiger partial charge on any atom is 0.0727 e. The van der Waals surface area contributed by atoms with Gasteiger partial charge in [-0.1, -0.05) is 60.7 Å². The van der Waals surface area contributed by atoms with Crippen molar-refractivity contribution in [1.82, 2.24) is 4.57 Å². The fourth-order valence-corrected chi connectivity index (χ4v) is 5.21. The normalized spacial score (nSPS) is 11.8. The van der Waals surface area contributed by atoms with Crippen molar-refractivity contribution in [3.63, 3.8) is 0 Å². The van der Waals surface area contributed by atoms with E-state index in [1.54, 1.807) is 0 Å². The molecule has 0 fully saturated rings. The molecule has 0 atom stereocenters. The molecule has 0 aliphatic carbocycles. The quantitative estimate of drug-likeness (QED) is 0.297. The van der Waals surface area contributed by atoms with E-state index in [2.05, 4.69) is 95.6 Å². The van der Waals surface area contributed by atoms with Crippen LogP contribution in [0.25, 0.3) is 47.7 Å². The van der Waals surface area contributed by atoms with E-state index in [0.717, 1.165) is 0 Å². The molecular formula is C24H15NS. The molecule has 0 N–H and O–H groups in total. The predicted molar refractivity (Wildman–Crippen MR) is 114 cm³/mol. The monoisotopic (exact) mass is 349 g/mol. The fourth-order valence-electron chi connectivity index (χ4n) is 4.00. The van der Waals surface area contributed by atoms with Gasteiger partial charge < -0.3 is 4.57 Å². The summed E-state index contributed by atoms with van der Waals surface area (Å²) in [6, 6.07) is 32.7. The van der Waals surface area contributed by atoms with Crippen molar-refractivity contribution in [3.8, 4) is 5.69 Å². The first-order valence-electron chi connectivity index (χ1n) is 8.80. The fraction of sp³-hybridized carbons (Fsp3) is 0. The van der Waals surface area contributed by atoms with Gasteiger partial charge in [0.05, 0.1) is 15.7 Å². The molecule has 0 unspecified atom stereocenters. The number of benzene rings is 4. The Morgan fingerprint density at radius 1 is 0.615 bits per heavy atom. The second-order valence-electron chi connectivity index (χ2n) is 6.66. The lowest BCUT2D eigenvalue weighted by atomic mass is 10.1. The highest BCUT2D eigenvalue weighted by molar-refractivity contribution is 7.26. The Labute approximate surface area is 154 Å². The molecule has 26 heavy (non-hydrogen) atoms. The van der Waals surface area contributed by atoms with Crippen molar-refractivity contribution >= 4 is 53.3 Å². The topological polar surface area (TPSA) is 4.93 Å². The number of nitrogens with zero attached hydrogens (tertiary/aromatic N) is 1. The lowest BCUT2D eigenvalue weighted by Crippen LogP contribution is -1.93. The second kappa shape index (κ2) is 5.20. The maximum atomic E-state index is 2.43. The predicted octanol–water partition coefficient (Wildman–Crippen LogP) is 7.15. The minimum atomic E-state index is 1.21. The lowest BCUT2D eigenvalue weighted by molar-refractivity contribution is 1.19. The molecule has 6 aromatic rings. The molecule has 0 spiro atoms. The molecular weight excluding hydrogens is 334 g/mol. The number of hydrogen-bond donors (Lipinski definition) is 0. The van der Waals surface area contributed by atoms with E-state index >= 15 is 0 Å². The average molecular weight is 349 g/mol. The highest BCUT2D eigenvalue weighted by atomic mass is 32.1. The minimum absolute atomic E-state index is 1.21. The van der Waals surface area contributed by atoms with Gasteiger partial charge in [-0.15, -0.1) is 11.3 Å². The Kier molecular flexibility index (Phi) is 2.82. The maximum absolute atomic E-state index is 2.43. The van der Waals surface area contributed by atoms with Crippen LogP contribution >= 0.6 is 11.3 Å². The van der Waals surface area contributed by atoms with Gasteiger partial charge in [-0.2, -0.15) is 0 Å². The van der Waals surface area contributed by atoms with Crippen LogP contribution in [0.15, 0.2) is 91.0 Å². The SMILES string of the molecule is c1ccc(-n2c3cc4ccccc4cc3c3sc4ccccc4c32)cc1. The standard InChI is InChI=1S/C24H15NS/c1-2-10-18(11-3-1)25-21-15-17-9-5-4-8-16(17)14-20(21)24-23(25)19-12-6-7-13-22(19)26-24/h1-15H. The largest absolute Gasteiger partial charge is 0.308 e. The summed E-state index contributed by atoms with van der Waals surface area (Å²) >= 11 is 1.89. The van der Waals surface area contributed by atoms with Crippen molar-refractivity contribution in [3.05, 3.63) is 91.0 Å². The highest BCUT2D eigenvalue weighted by Crippen LogP contribution is 2.43. The Morgan fingerprint density at radius 3 is 2.15 bits per heavy atom. The molecule has 6 rings (SSSR count). The zero-order valence-electron chi connectivity index (χ0n) is 14.0. The molecule has 0 aliphatic heterocycles. The van der Waals surface area contributed by atoms with Gasteiger partial charge in [-0.05, 0) is 41.1 Å². The van der Waals surface area contributed by atoms with Gasteiger partial charge in [0.15, 0.2) is 0 Å². The number of aromatic nitrogens is 1. The third kappa shape index (κ3) is 1.85. The first-order valence-corrected chi connectivity index (χ1v) is 9.62. The number of fused-ring (bicyclic) bond motifs is 6. The Hall–Kier alpha value is -3.10. The summed E-state index contributed by atoms with van der Waals surface area (Å²) in [5, 5.41) is 5.25. The van der Waals surface area contributed by atoms with Crippen molar-refractivity contribution in [1.29, 1.82) is 0 Å². The molecule has 122 valence electrons. The van der Waals surface area contributed by atoms with Gasteiger partial charge in [0.1, 0.15) is 0 Å². The first kappa shape index (κ1) is 14.1. The summed E-state index contributed by atoms with van der Waals surface area (Å²) in [7, 11) is 0. The summed E-state index contributed by atoms with van der Waals surface area (Å²) in [4.78, 5) is 0. The van der Waals surface area contributed by atoms with Gasteiger partial charge in [0.2, 0.25) is 0 Å². The molecule has 0 saturated heterocycles. The molecule has 2 heterocycles. The lowest BCUT2D eigenvalue weighted by Gasteiger charge is -2.08. The number of thiophene rings is 1. The molecule has 0 amide bonds.